The van der Waals surface area contributed by atoms with Crippen molar-refractivity contribution >= 4 is 23.4 Å². The largest absolute Gasteiger partial charge is 0.348 e. The van der Waals surface area contributed by atoms with Crippen LogP contribution in [0.3, 0.4) is 0 Å². The fourth-order valence-corrected chi connectivity index (χ4v) is 2.69. The molecule has 0 spiro atoms. The van der Waals surface area contributed by atoms with Crippen molar-refractivity contribution in [1.29, 1.82) is 0 Å². The maximum absolute atomic E-state index is 12.0. The molecule has 1 fully saturated rings. The lowest BCUT2D eigenvalue weighted by Gasteiger charge is -2.26. The van der Waals surface area contributed by atoms with Crippen molar-refractivity contribution in [2.45, 2.75) is 32.2 Å². The standard InChI is InChI=1S/C15H19ClN2O2/c1-11(12-6-2-3-7-13(12)16)17-14(19)10-18-9-5-4-8-15(18)20/h2-3,6-7,11H,4-5,8-10H2,1H3,(H,17,19). The third-order valence-electron chi connectivity index (χ3n) is 3.51. The first-order valence-corrected chi connectivity index (χ1v) is 7.27. The number of nitrogens with zero attached hydrogens (tertiary/aromatic N) is 1. The van der Waals surface area contributed by atoms with Crippen molar-refractivity contribution in [3.8, 4) is 0 Å². The Morgan fingerprint density at radius 3 is 2.85 bits per heavy atom. The summed E-state index contributed by atoms with van der Waals surface area (Å²) in [6, 6.07) is 7.26. The minimum atomic E-state index is -0.170. The van der Waals surface area contributed by atoms with Crippen LogP contribution in [0.4, 0.5) is 0 Å². The van der Waals surface area contributed by atoms with Gasteiger partial charge >= 0.3 is 0 Å². The number of rotatable bonds is 4. The average molecular weight is 295 g/mol. The van der Waals surface area contributed by atoms with Crippen molar-refractivity contribution in [1.82, 2.24) is 10.2 Å². The summed E-state index contributed by atoms with van der Waals surface area (Å²) in [5, 5.41) is 3.52. The van der Waals surface area contributed by atoms with Gasteiger partial charge in [-0.2, -0.15) is 0 Å². The molecule has 2 rings (SSSR count). The summed E-state index contributed by atoms with van der Waals surface area (Å²) < 4.78 is 0. The lowest BCUT2D eigenvalue weighted by atomic mass is 10.1. The molecule has 1 aromatic rings. The van der Waals surface area contributed by atoms with E-state index in [2.05, 4.69) is 5.32 Å². The van der Waals surface area contributed by atoms with E-state index < -0.39 is 0 Å². The molecule has 0 aromatic heterocycles. The summed E-state index contributed by atoms with van der Waals surface area (Å²) in [5.41, 5.74) is 0.882. The van der Waals surface area contributed by atoms with E-state index in [1.54, 1.807) is 11.0 Å². The predicted octanol–water partition coefficient (Wildman–Crippen LogP) is 2.53. The van der Waals surface area contributed by atoms with Crippen molar-refractivity contribution in [2.75, 3.05) is 13.1 Å². The first-order valence-electron chi connectivity index (χ1n) is 6.89. The number of amides is 2. The highest BCUT2D eigenvalue weighted by Crippen LogP contribution is 2.22. The molecule has 4 nitrogen and oxygen atoms in total. The van der Waals surface area contributed by atoms with Gasteiger partial charge in [-0.15, -0.1) is 0 Å². The summed E-state index contributed by atoms with van der Waals surface area (Å²) in [6.45, 7) is 2.69. The fraction of sp³-hybridized carbons (Fsp3) is 0.467. The summed E-state index contributed by atoms with van der Waals surface area (Å²) in [5.74, 6) is -0.0792. The van der Waals surface area contributed by atoms with Crippen LogP contribution in [0.2, 0.25) is 5.02 Å². The van der Waals surface area contributed by atoms with E-state index in [-0.39, 0.29) is 24.4 Å². The molecule has 0 bridgehead atoms. The van der Waals surface area contributed by atoms with Crippen LogP contribution in [0.25, 0.3) is 0 Å². The predicted molar refractivity (Wildman–Crippen MR) is 78.4 cm³/mol. The zero-order valence-electron chi connectivity index (χ0n) is 11.6. The Hall–Kier alpha value is -1.55. The maximum Gasteiger partial charge on any atom is 0.240 e. The molecule has 5 heteroatoms. The van der Waals surface area contributed by atoms with Crippen LogP contribution in [-0.4, -0.2) is 29.8 Å². The van der Waals surface area contributed by atoms with Gasteiger partial charge in [0.25, 0.3) is 0 Å². The van der Waals surface area contributed by atoms with Crippen LogP contribution in [0.1, 0.15) is 37.8 Å². The first-order chi connectivity index (χ1) is 9.58. The molecule has 0 saturated carbocycles. The molecule has 0 radical (unpaired) electrons. The number of carbonyl (C=O) groups is 2. The SMILES string of the molecule is CC(NC(=O)CN1CCCCC1=O)c1ccccc1Cl. The maximum atomic E-state index is 12.0. The van der Waals surface area contributed by atoms with E-state index in [0.717, 1.165) is 18.4 Å². The first kappa shape index (κ1) is 14.9. The molecule has 20 heavy (non-hydrogen) atoms. The molecule has 1 aliphatic heterocycles. The van der Waals surface area contributed by atoms with Crippen molar-refractivity contribution < 1.29 is 9.59 Å². The van der Waals surface area contributed by atoms with Crippen molar-refractivity contribution in [2.24, 2.45) is 0 Å². The molecule has 1 heterocycles. The monoisotopic (exact) mass is 294 g/mol. The summed E-state index contributed by atoms with van der Waals surface area (Å²) in [4.78, 5) is 25.3. The highest BCUT2D eigenvalue weighted by molar-refractivity contribution is 6.31. The third kappa shape index (κ3) is 3.73. The van der Waals surface area contributed by atoms with E-state index in [9.17, 15) is 9.59 Å². The van der Waals surface area contributed by atoms with Gasteiger partial charge in [-0.1, -0.05) is 29.8 Å². The molecule has 1 unspecified atom stereocenters. The number of benzene rings is 1. The van der Waals surface area contributed by atoms with Crippen LogP contribution in [0.5, 0.6) is 0 Å². The number of piperidine rings is 1. The number of hydrogen-bond acceptors (Lipinski definition) is 2. The second kappa shape index (κ2) is 6.75. The van der Waals surface area contributed by atoms with Gasteiger partial charge in [0.15, 0.2) is 0 Å². The lowest BCUT2D eigenvalue weighted by Crippen LogP contribution is -2.43. The van der Waals surface area contributed by atoms with E-state index in [0.29, 0.717) is 18.0 Å². The van der Waals surface area contributed by atoms with Gasteiger partial charge in [0.2, 0.25) is 11.8 Å². The van der Waals surface area contributed by atoms with Gasteiger partial charge < -0.3 is 10.2 Å². The average Bonchev–Trinajstić information content (AvgIpc) is 2.41. The van der Waals surface area contributed by atoms with Gasteiger partial charge in [-0.25, -0.2) is 0 Å². The normalized spacial score (nSPS) is 16.9. The molecule has 1 N–H and O–H groups in total. The molecule has 0 aliphatic carbocycles. The van der Waals surface area contributed by atoms with Crippen LogP contribution in [0.15, 0.2) is 24.3 Å². The van der Waals surface area contributed by atoms with Gasteiger partial charge in [-0.3, -0.25) is 9.59 Å². The van der Waals surface area contributed by atoms with Crippen molar-refractivity contribution in [3.05, 3.63) is 34.9 Å². The van der Waals surface area contributed by atoms with E-state index in [1.165, 1.54) is 0 Å². The topological polar surface area (TPSA) is 49.4 Å². The van der Waals surface area contributed by atoms with Crippen LogP contribution in [-0.2, 0) is 9.59 Å². The summed E-state index contributed by atoms with van der Waals surface area (Å²) in [7, 11) is 0. The molecule has 1 saturated heterocycles. The Bertz CT molecular complexity index is 504. The number of nitrogens with one attached hydrogen (secondary N) is 1. The Morgan fingerprint density at radius 2 is 2.15 bits per heavy atom. The fourth-order valence-electron chi connectivity index (χ4n) is 2.39. The molecule has 1 aromatic carbocycles. The molecule has 1 atom stereocenters. The third-order valence-corrected chi connectivity index (χ3v) is 3.85. The van der Waals surface area contributed by atoms with Gasteiger partial charge in [0.05, 0.1) is 12.6 Å². The van der Waals surface area contributed by atoms with E-state index in [1.807, 2.05) is 25.1 Å². The minimum absolute atomic E-state index is 0.0665. The molecule has 1 aliphatic rings. The number of hydrogen-bond donors (Lipinski definition) is 1. The highest BCUT2D eigenvalue weighted by Gasteiger charge is 2.21. The molecular weight excluding hydrogens is 276 g/mol. The quantitative estimate of drug-likeness (QED) is 0.928. The number of halogens is 1. The zero-order chi connectivity index (χ0) is 14.5. The number of carbonyl (C=O) groups excluding carboxylic acids is 2. The molecular formula is C15H19ClN2O2. The van der Waals surface area contributed by atoms with Crippen LogP contribution in [0, 0.1) is 0 Å². The lowest BCUT2D eigenvalue weighted by molar-refractivity contribution is -0.138. The van der Waals surface area contributed by atoms with Gasteiger partial charge in [0, 0.05) is 18.0 Å². The zero-order valence-corrected chi connectivity index (χ0v) is 12.3. The Balaban J connectivity index is 1.91. The van der Waals surface area contributed by atoms with E-state index in [4.69, 9.17) is 11.6 Å². The summed E-state index contributed by atoms with van der Waals surface area (Å²) in [6.07, 6.45) is 2.44. The second-order valence-electron chi connectivity index (χ2n) is 5.08. The van der Waals surface area contributed by atoms with Crippen molar-refractivity contribution in [3.63, 3.8) is 0 Å². The van der Waals surface area contributed by atoms with Gasteiger partial charge in [-0.05, 0) is 31.4 Å². The Kier molecular flexibility index (Phi) is 5.01. The molecule has 2 amide bonds. The minimum Gasteiger partial charge on any atom is -0.348 e. The Labute approximate surface area is 124 Å². The smallest absolute Gasteiger partial charge is 0.240 e. The van der Waals surface area contributed by atoms with Crippen LogP contribution < -0.4 is 5.32 Å². The molecule has 108 valence electrons. The highest BCUT2D eigenvalue weighted by atomic mass is 35.5. The second-order valence-corrected chi connectivity index (χ2v) is 5.49. The van der Waals surface area contributed by atoms with Crippen LogP contribution >= 0.6 is 11.6 Å². The van der Waals surface area contributed by atoms with Gasteiger partial charge in [0.1, 0.15) is 0 Å². The summed E-state index contributed by atoms with van der Waals surface area (Å²) >= 11 is 6.10. The number of likely N-dealkylation sites (tertiary alicyclic amines) is 1. The van der Waals surface area contributed by atoms with E-state index >= 15 is 0 Å². The Morgan fingerprint density at radius 1 is 1.40 bits per heavy atom.